The Labute approximate surface area is 101 Å². The lowest BCUT2D eigenvalue weighted by atomic mass is 10.1. The van der Waals surface area contributed by atoms with Gasteiger partial charge in [0.1, 0.15) is 5.75 Å². The van der Waals surface area contributed by atoms with Crippen LogP contribution in [0.5, 0.6) is 5.75 Å². The number of amides is 1. The molecule has 17 heavy (non-hydrogen) atoms. The number of rotatable bonds is 5. The third kappa shape index (κ3) is 3.72. The number of carbonyl (C=O) groups is 1. The van der Waals surface area contributed by atoms with E-state index in [1.165, 1.54) is 0 Å². The summed E-state index contributed by atoms with van der Waals surface area (Å²) in [5.41, 5.74) is 2.88. The monoisotopic (exact) mass is 238 g/mol. The third-order valence-corrected chi connectivity index (χ3v) is 2.38. The molecule has 1 atom stereocenters. The van der Waals surface area contributed by atoms with Crippen LogP contribution in [0.25, 0.3) is 0 Å². The number of hydrazine groups is 1. The second-order valence-electron chi connectivity index (χ2n) is 4.09. The van der Waals surface area contributed by atoms with Gasteiger partial charge in [-0.05, 0) is 23.6 Å². The summed E-state index contributed by atoms with van der Waals surface area (Å²) in [6, 6.07) is 6.91. The molecule has 1 aromatic rings. The molecule has 0 aliphatic heterocycles. The predicted molar refractivity (Wildman–Crippen MR) is 63.9 cm³/mol. The van der Waals surface area contributed by atoms with Gasteiger partial charge in [0.05, 0.1) is 6.61 Å². The molecule has 0 aliphatic carbocycles. The van der Waals surface area contributed by atoms with Crippen molar-refractivity contribution in [2.24, 2.45) is 11.8 Å². The molecular weight excluding hydrogens is 220 g/mol. The van der Waals surface area contributed by atoms with Crippen molar-refractivity contribution in [1.82, 2.24) is 5.43 Å². The molecule has 1 unspecified atom stereocenters. The molecule has 5 nitrogen and oxygen atoms in total. The molecule has 0 aliphatic rings. The molecule has 0 fully saturated rings. The van der Waals surface area contributed by atoms with Crippen molar-refractivity contribution in [2.75, 3.05) is 0 Å². The number of carbonyl (C=O) groups excluding carboxylic acids is 1. The molecule has 4 N–H and O–H groups in total. The van der Waals surface area contributed by atoms with Crippen LogP contribution in [0, 0.1) is 5.92 Å². The summed E-state index contributed by atoms with van der Waals surface area (Å²) < 4.78 is 5.55. The van der Waals surface area contributed by atoms with Crippen LogP contribution in [0.2, 0.25) is 0 Å². The summed E-state index contributed by atoms with van der Waals surface area (Å²) in [4.78, 5) is 11.5. The average Bonchev–Trinajstić information content (AvgIpc) is 2.35. The Balaban J connectivity index is 2.75. The van der Waals surface area contributed by atoms with Gasteiger partial charge in [0.15, 0.2) is 6.10 Å². The summed E-state index contributed by atoms with van der Waals surface area (Å²) in [7, 11) is 0. The minimum absolute atomic E-state index is 0.0102. The molecule has 0 saturated heterocycles. The van der Waals surface area contributed by atoms with Gasteiger partial charge in [0.2, 0.25) is 0 Å². The van der Waals surface area contributed by atoms with E-state index in [0.29, 0.717) is 5.75 Å². The Morgan fingerprint density at radius 1 is 1.41 bits per heavy atom. The smallest absolute Gasteiger partial charge is 0.275 e. The van der Waals surface area contributed by atoms with Gasteiger partial charge >= 0.3 is 0 Å². The van der Waals surface area contributed by atoms with Gasteiger partial charge in [-0.2, -0.15) is 0 Å². The molecule has 5 heteroatoms. The van der Waals surface area contributed by atoms with E-state index in [1.807, 2.05) is 13.8 Å². The summed E-state index contributed by atoms with van der Waals surface area (Å²) in [5.74, 6) is 5.33. The summed E-state index contributed by atoms with van der Waals surface area (Å²) in [5, 5.41) is 8.90. The maximum atomic E-state index is 11.5. The maximum Gasteiger partial charge on any atom is 0.275 e. The molecule has 0 radical (unpaired) electrons. The molecule has 1 amide bonds. The highest BCUT2D eigenvalue weighted by atomic mass is 16.5. The van der Waals surface area contributed by atoms with Gasteiger partial charge in [0, 0.05) is 0 Å². The minimum Gasteiger partial charge on any atom is -0.480 e. The molecule has 0 spiro atoms. The number of hydrogen-bond acceptors (Lipinski definition) is 4. The van der Waals surface area contributed by atoms with Crippen molar-refractivity contribution in [3.63, 3.8) is 0 Å². The summed E-state index contributed by atoms with van der Waals surface area (Å²) in [6.07, 6.45) is -0.625. The Morgan fingerprint density at radius 2 is 2.00 bits per heavy atom. The van der Waals surface area contributed by atoms with Crippen LogP contribution in [0.15, 0.2) is 24.3 Å². The number of nitrogens with two attached hydrogens (primary N) is 1. The number of aliphatic hydroxyl groups excluding tert-OH is 1. The van der Waals surface area contributed by atoms with Crippen LogP contribution in [0.3, 0.4) is 0 Å². The molecule has 1 aromatic carbocycles. The van der Waals surface area contributed by atoms with Crippen LogP contribution < -0.4 is 16.0 Å². The minimum atomic E-state index is -0.625. The van der Waals surface area contributed by atoms with E-state index in [0.717, 1.165) is 5.56 Å². The van der Waals surface area contributed by atoms with Crippen molar-refractivity contribution < 1.29 is 14.6 Å². The molecule has 0 heterocycles. The van der Waals surface area contributed by atoms with Crippen LogP contribution >= 0.6 is 0 Å². The van der Waals surface area contributed by atoms with Crippen molar-refractivity contribution in [3.05, 3.63) is 29.8 Å². The van der Waals surface area contributed by atoms with Gasteiger partial charge in [0.25, 0.3) is 5.91 Å². The lowest BCUT2D eigenvalue weighted by molar-refractivity contribution is -0.129. The Bertz CT molecular complexity index is 363. The van der Waals surface area contributed by atoms with E-state index in [1.54, 1.807) is 24.3 Å². The zero-order valence-corrected chi connectivity index (χ0v) is 10.0. The van der Waals surface area contributed by atoms with Crippen molar-refractivity contribution in [3.8, 4) is 5.75 Å². The number of benzene rings is 1. The lowest BCUT2D eigenvalue weighted by Crippen LogP contribution is -2.44. The van der Waals surface area contributed by atoms with E-state index in [9.17, 15) is 4.79 Å². The third-order valence-electron chi connectivity index (χ3n) is 2.38. The van der Waals surface area contributed by atoms with Crippen molar-refractivity contribution in [1.29, 1.82) is 0 Å². The van der Waals surface area contributed by atoms with Gasteiger partial charge < -0.3 is 9.84 Å². The highest BCUT2D eigenvalue weighted by molar-refractivity contribution is 5.80. The van der Waals surface area contributed by atoms with Crippen LogP contribution in [-0.4, -0.2) is 17.1 Å². The fraction of sp³-hybridized carbons (Fsp3) is 0.417. The van der Waals surface area contributed by atoms with Gasteiger partial charge in [-0.25, -0.2) is 5.84 Å². The normalized spacial score (nSPS) is 12.3. The van der Waals surface area contributed by atoms with Gasteiger partial charge in [-0.3, -0.25) is 10.2 Å². The van der Waals surface area contributed by atoms with E-state index >= 15 is 0 Å². The quantitative estimate of drug-likeness (QED) is 0.398. The fourth-order valence-electron chi connectivity index (χ4n) is 1.39. The molecule has 0 aromatic heterocycles. The Morgan fingerprint density at radius 3 is 2.41 bits per heavy atom. The highest BCUT2D eigenvalue weighted by Crippen LogP contribution is 2.17. The van der Waals surface area contributed by atoms with Crippen molar-refractivity contribution >= 4 is 5.91 Å². The number of aliphatic hydroxyl groups is 1. The van der Waals surface area contributed by atoms with E-state index in [4.69, 9.17) is 15.7 Å². The lowest BCUT2D eigenvalue weighted by Gasteiger charge is -2.20. The van der Waals surface area contributed by atoms with Crippen molar-refractivity contribution in [2.45, 2.75) is 26.6 Å². The maximum absolute atomic E-state index is 11.5. The highest BCUT2D eigenvalue weighted by Gasteiger charge is 2.23. The van der Waals surface area contributed by atoms with Crippen LogP contribution in [0.4, 0.5) is 0 Å². The first-order valence-corrected chi connectivity index (χ1v) is 5.45. The first-order chi connectivity index (χ1) is 8.08. The SMILES string of the molecule is CC(C)C(Oc1ccc(CO)cc1)C(=O)NN. The van der Waals surface area contributed by atoms with Gasteiger partial charge in [-0.1, -0.05) is 26.0 Å². The van der Waals surface area contributed by atoms with Crippen LogP contribution in [0.1, 0.15) is 19.4 Å². The Kier molecular flexibility index (Phi) is 4.93. The van der Waals surface area contributed by atoms with E-state index < -0.39 is 6.10 Å². The number of hydrogen-bond donors (Lipinski definition) is 3. The zero-order valence-electron chi connectivity index (χ0n) is 10.0. The number of nitrogens with one attached hydrogen (secondary N) is 1. The topological polar surface area (TPSA) is 84.6 Å². The Hall–Kier alpha value is -1.59. The number of ether oxygens (including phenoxy) is 1. The summed E-state index contributed by atoms with van der Waals surface area (Å²) in [6.45, 7) is 3.74. The van der Waals surface area contributed by atoms with Gasteiger partial charge in [-0.15, -0.1) is 0 Å². The first kappa shape index (κ1) is 13.5. The van der Waals surface area contributed by atoms with E-state index in [-0.39, 0.29) is 18.4 Å². The second-order valence-corrected chi connectivity index (χ2v) is 4.09. The molecule has 1 rings (SSSR count). The second kappa shape index (κ2) is 6.22. The van der Waals surface area contributed by atoms with Crippen LogP contribution in [-0.2, 0) is 11.4 Å². The molecular formula is C12H18N2O3. The standard InChI is InChI=1S/C12H18N2O3/c1-8(2)11(12(16)14-13)17-10-5-3-9(7-15)4-6-10/h3-6,8,11,15H,7,13H2,1-2H3,(H,14,16). The molecule has 0 bridgehead atoms. The first-order valence-electron chi connectivity index (χ1n) is 5.45. The average molecular weight is 238 g/mol. The summed E-state index contributed by atoms with van der Waals surface area (Å²) >= 11 is 0. The largest absolute Gasteiger partial charge is 0.480 e. The zero-order chi connectivity index (χ0) is 12.8. The fourth-order valence-corrected chi connectivity index (χ4v) is 1.39. The molecule has 94 valence electrons. The van der Waals surface area contributed by atoms with E-state index in [2.05, 4.69) is 5.43 Å². The predicted octanol–water partition coefficient (Wildman–Crippen LogP) is 0.572. The molecule has 0 saturated carbocycles.